The molecular formula is C8H12O3. The molecular weight excluding hydrogens is 144 g/mol. The minimum absolute atomic E-state index is 0.0243. The lowest BCUT2D eigenvalue weighted by atomic mass is 9.89. The van der Waals surface area contributed by atoms with Gasteiger partial charge in [-0.3, -0.25) is 4.79 Å². The van der Waals surface area contributed by atoms with Crippen molar-refractivity contribution in [2.45, 2.75) is 25.9 Å². The van der Waals surface area contributed by atoms with Crippen molar-refractivity contribution in [2.75, 3.05) is 0 Å². The Hall–Kier alpha value is -0.830. The van der Waals surface area contributed by atoms with Gasteiger partial charge in [-0.15, -0.1) is 0 Å². The maximum Gasteiger partial charge on any atom is 0.159 e. The van der Waals surface area contributed by atoms with Gasteiger partial charge in [0.15, 0.2) is 5.78 Å². The molecule has 0 radical (unpaired) electrons. The third-order valence-electron chi connectivity index (χ3n) is 1.97. The molecule has 1 aliphatic rings. The number of hydrogen-bond acceptors (Lipinski definition) is 3. The molecule has 1 aliphatic carbocycles. The van der Waals surface area contributed by atoms with Gasteiger partial charge in [0, 0.05) is 18.4 Å². The number of allylic oxidation sites excluding steroid dienone is 1. The topological polar surface area (TPSA) is 57.5 Å². The summed E-state index contributed by atoms with van der Waals surface area (Å²) in [5.74, 6) is -0.275. The molecule has 11 heavy (non-hydrogen) atoms. The number of carbonyl (C=O) groups is 1. The van der Waals surface area contributed by atoms with Crippen LogP contribution in [0.4, 0.5) is 0 Å². The SMILES string of the molecule is CC(O)C1CCC(=O)C=C1O. The zero-order valence-electron chi connectivity index (χ0n) is 6.45. The molecule has 0 aromatic heterocycles. The Bertz CT molecular complexity index is 194. The summed E-state index contributed by atoms with van der Waals surface area (Å²) in [4.78, 5) is 10.7. The van der Waals surface area contributed by atoms with Crippen molar-refractivity contribution >= 4 is 5.78 Å². The molecule has 1 rings (SSSR count). The highest BCUT2D eigenvalue weighted by molar-refractivity contribution is 5.90. The van der Waals surface area contributed by atoms with E-state index in [2.05, 4.69) is 0 Å². The third-order valence-corrected chi connectivity index (χ3v) is 1.97. The van der Waals surface area contributed by atoms with Crippen molar-refractivity contribution in [3.63, 3.8) is 0 Å². The molecule has 2 atom stereocenters. The Morgan fingerprint density at radius 2 is 2.36 bits per heavy atom. The van der Waals surface area contributed by atoms with Crippen molar-refractivity contribution in [1.29, 1.82) is 0 Å². The molecule has 0 amide bonds. The zero-order chi connectivity index (χ0) is 8.43. The molecule has 0 heterocycles. The van der Waals surface area contributed by atoms with Gasteiger partial charge in [-0.1, -0.05) is 0 Å². The molecule has 3 nitrogen and oxygen atoms in total. The Morgan fingerprint density at radius 1 is 1.73 bits per heavy atom. The average Bonchev–Trinajstić information content (AvgIpc) is 1.85. The molecule has 0 aromatic carbocycles. The predicted octanol–water partition coefficient (Wildman–Crippen LogP) is 0.788. The summed E-state index contributed by atoms with van der Waals surface area (Å²) in [5, 5.41) is 18.3. The third kappa shape index (κ3) is 1.80. The number of aliphatic hydroxyl groups excluding tert-OH is 2. The van der Waals surface area contributed by atoms with E-state index in [1.807, 2.05) is 0 Å². The van der Waals surface area contributed by atoms with E-state index in [1.54, 1.807) is 6.92 Å². The van der Waals surface area contributed by atoms with E-state index in [9.17, 15) is 9.90 Å². The minimum atomic E-state index is -0.570. The van der Waals surface area contributed by atoms with Crippen molar-refractivity contribution in [3.8, 4) is 0 Å². The van der Waals surface area contributed by atoms with Gasteiger partial charge in [0.1, 0.15) is 5.76 Å². The summed E-state index contributed by atoms with van der Waals surface area (Å²) >= 11 is 0. The van der Waals surface area contributed by atoms with Crippen LogP contribution >= 0.6 is 0 Å². The summed E-state index contributed by atoms with van der Waals surface area (Å²) in [7, 11) is 0. The number of ketones is 1. The molecule has 0 saturated heterocycles. The Labute approximate surface area is 65.3 Å². The van der Waals surface area contributed by atoms with Crippen LogP contribution in [0.15, 0.2) is 11.8 Å². The number of aliphatic hydroxyl groups is 2. The van der Waals surface area contributed by atoms with Gasteiger partial charge >= 0.3 is 0 Å². The summed E-state index contributed by atoms with van der Waals surface area (Å²) in [6.07, 6.45) is 1.62. The zero-order valence-corrected chi connectivity index (χ0v) is 6.45. The molecule has 62 valence electrons. The first kappa shape index (κ1) is 8.27. The molecule has 0 spiro atoms. The van der Waals surface area contributed by atoms with Crippen LogP contribution in [0.3, 0.4) is 0 Å². The van der Waals surface area contributed by atoms with Crippen LogP contribution in [-0.2, 0) is 4.79 Å². The number of rotatable bonds is 1. The quantitative estimate of drug-likeness (QED) is 0.590. The summed E-state index contributed by atoms with van der Waals surface area (Å²) in [6, 6.07) is 0. The second-order valence-electron chi connectivity index (χ2n) is 2.92. The van der Waals surface area contributed by atoms with Gasteiger partial charge in [-0.25, -0.2) is 0 Å². The Morgan fingerprint density at radius 3 is 2.82 bits per heavy atom. The number of carbonyl (C=O) groups excluding carboxylic acids is 1. The molecule has 2 N–H and O–H groups in total. The van der Waals surface area contributed by atoms with Crippen molar-refractivity contribution < 1.29 is 15.0 Å². The van der Waals surface area contributed by atoms with Gasteiger partial charge in [0.05, 0.1) is 6.10 Å². The highest BCUT2D eigenvalue weighted by atomic mass is 16.3. The lowest BCUT2D eigenvalue weighted by Crippen LogP contribution is -2.23. The molecule has 2 unspecified atom stereocenters. The predicted molar refractivity (Wildman–Crippen MR) is 40.1 cm³/mol. The smallest absolute Gasteiger partial charge is 0.159 e. The maximum atomic E-state index is 10.7. The van der Waals surface area contributed by atoms with Crippen LogP contribution in [0, 0.1) is 5.92 Å². The van der Waals surface area contributed by atoms with Crippen LogP contribution < -0.4 is 0 Å². The number of hydrogen-bond donors (Lipinski definition) is 2. The summed E-state index contributed by atoms with van der Waals surface area (Å²) < 4.78 is 0. The standard InChI is InChI=1S/C8H12O3/c1-5(9)7-3-2-6(10)4-8(7)11/h4-5,7,9,11H,2-3H2,1H3. The van der Waals surface area contributed by atoms with E-state index >= 15 is 0 Å². The van der Waals surface area contributed by atoms with Crippen LogP contribution in [0.1, 0.15) is 19.8 Å². The van der Waals surface area contributed by atoms with Crippen LogP contribution in [0.25, 0.3) is 0 Å². The van der Waals surface area contributed by atoms with Crippen molar-refractivity contribution in [2.24, 2.45) is 5.92 Å². The molecule has 0 saturated carbocycles. The van der Waals surface area contributed by atoms with E-state index < -0.39 is 6.10 Å². The molecule has 0 bridgehead atoms. The van der Waals surface area contributed by atoms with Gasteiger partial charge in [0.2, 0.25) is 0 Å². The second kappa shape index (κ2) is 3.05. The molecule has 0 aliphatic heterocycles. The highest BCUT2D eigenvalue weighted by Gasteiger charge is 2.24. The second-order valence-corrected chi connectivity index (χ2v) is 2.92. The van der Waals surface area contributed by atoms with Gasteiger partial charge in [-0.05, 0) is 13.3 Å². The van der Waals surface area contributed by atoms with Crippen LogP contribution in [0.2, 0.25) is 0 Å². The van der Waals surface area contributed by atoms with Crippen LogP contribution in [-0.4, -0.2) is 22.1 Å². The largest absolute Gasteiger partial charge is 0.512 e. The lowest BCUT2D eigenvalue weighted by molar-refractivity contribution is -0.115. The van der Waals surface area contributed by atoms with E-state index in [-0.39, 0.29) is 17.5 Å². The summed E-state index contributed by atoms with van der Waals surface area (Å²) in [5.41, 5.74) is 0. The molecule has 3 heteroatoms. The average molecular weight is 156 g/mol. The fourth-order valence-corrected chi connectivity index (χ4v) is 1.28. The van der Waals surface area contributed by atoms with E-state index in [0.717, 1.165) is 0 Å². The first-order valence-corrected chi connectivity index (χ1v) is 3.72. The Kier molecular flexibility index (Phi) is 2.29. The minimum Gasteiger partial charge on any atom is -0.512 e. The highest BCUT2D eigenvalue weighted by Crippen LogP contribution is 2.23. The first-order chi connectivity index (χ1) is 5.11. The van der Waals surface area contributed by atoms with Gasteiger partial charge in [-0.2, -0.15) is 0 Å². The Balaban J connectivity index is 2.72. The lowest BCUT2D eigenvalue weighted by Gasteiger charge is -2.21. The first-order valence-electron chi connectivity index (χ1n) is 3.72. The normalized spacial score (nSPS) is 28.0. The van der Waals surface area contributed by atoms with E-state index in [0.29, 0.717) is 12.8 Å². The van der Waals surface area contributed by atoms with E-state index in [1.165, 1.54) is 6.08 Å². The van der Waals surface area contributed by atoms with Gasteiger partial charge < -0.3 is 10.2 Å². The molecule has 0 aromatic rings. The molecule has 0 fully saturated rings. The van der Waals surface area contributed by atoms with Crippen molar-refractivity contribution in [1.82, 2.24) is 0 Å². The van der Waals surface area contributed by atoms with Crippen LogP contribution in [0.5, 0.6) is 0 Å². The maximum absolute atomic E-state index is 10.7. The fraction of sp³-hybridized carbons (Fsp3) is 0.625. The monoisotopic (exact) mass is 156 g/mol. The van der Waals surface area contributed by atoms with Gasteiger partial charge in [0.25, 0.3) is 0 Å². The van der Waals surface area contributed by atoms with Crippen molar-refractivity contribution in [3.05, 3.63) is 11.8 Å². The fourth-order valence-electron chi connectivity index (χ4n) is 1.28. The van der Waals surface area contributed by atoms with E-state index in [4.69, 9.17) is 5.11 Å². The summed E-state index contributed by atoms with van der Waals surface area (Å²) in [6.45, 7) is 1.62.